The van der Waals surface area contributed by atoms with Gasteiger partial charge in [-0.15, -0.1) is 0 Å². The van der Waals surface area contributed by atoms with Crippen LogP contribution in [-0.4, -0.2) is 34.4 Å². The molecule has 2 aromatic rings. The summed E-state index contributed by atoms with van der Waals surface area (Å²) in [6.45, 7) is 7.28. The molecule has 2 amide bonds. The van der Waals surface area contributed by atoms with E-state index in [1.165, 1.54) is 4.57 Å². The summed E-state index contributed by atoms with van der Waals surface area (Å²) in [7, 11) is 0. The number of fused-ring (bicyclic) bond motifs is 1. The molecule has 0 radical (unpaired) electrons. The smallest absolute Gasteiger partial charge is 0.408 e. The van der Waals surface area contributed by atoms with Crippen molar-refractivity contribution in [1.29, 1.82) is 0 Å². The number of hydrogen-bond donors (Lipinski definition) is 1. The van der Waals surface area contributed by atoms with Gasteiger partial charge in [0.1, 0.15) is 6.54 Å². The van der Waals surface area contributed by atoms with Gasteiger partial charge in [-0.25, -0.2) is 4.79 Å². The highest BCUT2D eigenvalue weighted by atomic mass is 16.4. The number of amides is 2. The second-order valence-electron chi connectivity index (χ2n) is 7.60. The van der Waals surface area contributed by atoms with Crippen LogP contribution in [0.15, 0.2) is 27.4 Å². The van der Waals surface area contributed by atoms with Gasteiger partial charge in [-0.05, 0) is 43.4 Å². The lowest BCUT2D eigenvalue weighted by molar-refractivity contribution is -0.132. The van der Waals surface area contributed by atoms with Crippen molar-refractivity contribution in [3.8, 4) is 0 Å². The van der Waals surface area contributed by atoms with Crippen LogP contribution in [0.3, 0.4) is 0 Å². The summed E-state index contributed by atoms with van der Waals surface area (Å²) in [5.74, 6) is -0.626. The molecule has 27 heavy (non-hydrogen) atoms. The Morgan fingerprint density at radius 1 is 1.15 bits per heavy atom. The topological polar surface area (TPSA) is 84.5 Å². The summed E-state index contributed by atoms with van der Waals surface area (Å²) in [6.07, 6.45) is 3.13. The Morgan fingerprint density at radius 3 is 2.52 bits per heavy atom. The molecule has 0 aliphatic carbocycles. The maximum atomic E-state index is 12.5. The first-order chi connectivity index (χ1) is 12.9. The van der Waals surface area contributed by atoms with E-state index in [-0.39, 0.29) is 30.2 Å². The van der Waals surface area contributed by atoms with Crippen LogP contribution in [0.5, 0.6) is 0 Å². The average molecular weight is 373 g/mol. The molecule has 1 unspecified atom stereocenters. The zero-order valence-corrected chi connectivity index (χ0v) is 16.2. The number of rotatable bonds is 5. The number of anilines is 1. The number of likely N-dealkylation sites (tertiary alicyclic amines) is 1. The summed E-state index contributed by atoms with van der Waals surface area (Å²) in [5, 5.41) is 2.88. The highest BCUT2D eigenvalue weighted by Gasteiger charge is 2.21. The van der Waals surface area contributed by atoms with Gasteiger partial charge in [0.25, 0.3) is 0 Å². The number of hydrogen-bond acceptors (Lipinski definition) is 4. The molecule has 1 aromatic carbocycles. The standard InChI is InChI=1S/C20H27N3O4/c1-13(2)14(3)19(25)21-15-7-8-17-16(11-15)23(20(26)27-17)12-18(24)22-9-5-4-6-10-22/h7-8,11,13-14H,4-6,9-10,12H2,1-3H3,(H,21,25). The average Bonchev–Trinajstić information content (AvgIpc) is 2.96. The van der Waals surface area contributed by atoms with Crippen molar-refractivity contribution in [2.45, 2.75) is 46.6 Å². The first kappa shape index (κ1) is 19.2. The second-order valence-corrected chi connectivity index (χ2v) is 7.60. The number of oxazole rings is 1. The van der Waals surface area contributed by atoms with Crippen LogP contribution in [0.2, 0.25) is 0 Å². The van der Waals surface area contributed by atoms with E-state index < -0.39 is 5.76 Å². The van der Waals surface area contributed by atoms with Crippen LogP contribution in [0.1, 0.15) is 40.0 Å². The number of carbonyl (C=O) groups excluding carboxylic acids is 2. The molecule has 0 spiro atoms. The van der Waals surface area contributed by atoms with Crippen molar-refractivity contribution in [3.05, 3.63) is 28.7 Å². The molecule has 2 heterocycles. The fraction of sp³-hybridized carbons (Fsp3) is 0.550. The summed E-state index contributed by atoms with van der Waals surface area (Å²) in [6, 6.07) is 5.04. The molecule has 7 nitrogen and oxygen atoms in total. The number of benzene rings is 1. The largest absolute Gasteiger partial charge is 0.420 e. The third-order valence-electron chi connectivity index (χ3n) is 5.35. The van der Waals surface area contributed by atoms with Crippen LogP contribution >= 0.6 is 0 Å². The van der Waals surface area contributed by atoms with E-state index in [0.717, 1.165) is 32.4 Å². The molecule has 1 N–H and O–H groups in total. The van der Waals surface area contributed by atoms with Gasteiger partial charge in [-0.1, -0.05) is 20.8 Å². The van der Waals surface area contributed by atoms with Gasteiger partial charge in [-0.2, -0.15) is 0 Å². The van der Waals surface area contributed by atoms with Crippen LogP contribution < -0.4 is 11.1 Å². The van der Waals surface area contributed by atoms with Crippen molar-refractivity contribution in [2.24, 2.45) is 11.8 Å². The van der Waals surface area contributed by atoms with Gasteiger partial charge >= 0.3 is 5.76 Å². The second kappa shape index (κ2) is 7.98. The van der Waals surface area contributed by atoms with Crippen molar-refractivity contribution >= 4 is 28.6 Å². The Morgan fingerprint density at radius 2 is 1.85 bits per heavy atom. The van der Waals surface area contributed by atoms with E-state index >= 15 is 0 Å². The molecule has 0 bridgehead atoms. The Hall–Kier alpha value is -2.57. The summed E-state index contributed by atoms with van der Waals surface area (Å²) >= 11 is 0. The maximum absolute atomic E-state index is 12.5. The quantitative estimate of drug-likeness (QED) is 0.873. The molecule has 1 atom stereocenters. The fourth-order valence-electron chi connectivity index (χ4n) is 3.23. The molecule has 1 fully saturated rings. The first-order valence-corrected chi connectivity index (χ1v) is 9.59. The van der Waals surface area contributed by atoms with Gasteiger partial charge in [0.05, 0.1) is 5.52 Å². The SMILES string of the molecule is CC(C)C(C)C(=O)Nc1ccc2oc(=O)n(CC(=O)N3CCCCC3)c2c1. The van der Waals surface area contributed by atoms with Crippen molar-refractivity contribution in [2.75, 3.05) is 18.4 Å². The Labute approximate surface area is 158 Å². The molecule has 1 aliphatic heterocycles. The summed E-state index contributed by atoms with van der Waals surface area (Å²) in [4.78, 5) is 38.9. The minimum Gasteiger partial charge on any atom is -0.408 e. The van der Waals surface area contributed by atoms with Gasteiger partial charge in [-0.3, -0.25) is 14.2 Å². The molecular weight excluding hydrogens is 346 g/mol. The lowest BCUT2D eigenvalue weighted by Crippen LogP contribution is -2.39. The van der Waals surface area contributed by atoms with Crippen LogP contribution in [0.4, 0.5) is 5.69 Å². The zero-order chi connectivity index (χ0) is 19.6. The third kappa shape index (κ3) is 4.23. The third-order valence-corrected chi connectivity index (χ3v) is 5.35. The predicted molar refractivity (Wildman–Crippen MR) is 104 cm³/mol. The maximum Gasteiger partial charge on any atom is 0.420 e. The highest BCUT2D eigenvalue weighted by molar-refractivity contribution is 5.94. The lowest BCUT2D eigenvalue weighted by atomic mass is 9.97. The number of piperidine rings is 1. The fourth-order valence-corrected chi connectivity index (χ4v) is 3.23. The van der Waals surface area contributed by atoms with E-state index in [1.54, 1.807) is 23.1 Å². The molecule has 1 aromatic heterocycles. The first-order valence-electron chi connectivity index (χ1n) is 9.59. The molecule has 1 saturated heterocycles. The number of carbonyl (C=O) groups is 2. The Balaban J connectivity index is 1.83. The Kier molecular flexibility index (Phi) is 5.68. The lowest BCUT2D eigenvalue weighted by Gasteiger charge is -2.26. The summed E-state index contributed by atoms with van der Waals surface area (Å²) in [5.41, 5.74) is 1.50. The normalized spacial score (nSPS) is 15.9. The molecule has 0 saturated carbocycles. The minimum absolute atomic E-state index is 0.0500. The Bertz CT molecular complexity index is 890. The van der Waals surface area contributed by atoms with E-state index in [1.807, 2.05) is 20.8 Å². The number of aromatic nitrogens is 1. The van der Waals surface area contributed by atoms with Crippen LogP contribution in [0, 0.1) is 11.8 Å². The van der Waals surface area contributed by atoms with E-state index in [0.29, 0.717) is 16.8 Å². The molecule has 3 rings (SSSR count). The van der Waals surface area contributed by atoms with Gasteiger partial charge < -0.3 is 14.6 Å². The molecule has 7 heteroatoms. The molecular formula is C20H27N3O4. The van der Waals surface area contributed by atoms with Crippen LogP contribution in [0.25, 0.3) is 11.1 Å². The van der Waals surface area contributed by atoms with Gasteiger partial charge in [0.2, 0.25) is 11.8 Å². The number of nitrogens with one attached hydrogen (secondary N) is 1. The van der Waals surface area contributed by atoms with E-state index in [9.17, 15) is 14.4 Å². The number of nitrogens with zero attached hydrogens (tertiary/aromatic N) is 2. The van der Waals surface area contributed by atoms with Crippen molar-refractivity contribution in [1.82, 2.24) is 9.47 Å². The zero-order valence-electron chi connectivity index (χ0n) is 16.2. The predicted octanol–water partition coefficient (Wildman–Crippen LogP) is 2.84. The highest BCUT2D eigenvalue weighted by Crippen LogP contribution is 2.21. The minimum atomic E-state index is -0.561. The molecule has 1 aliphatic rings. The van der Waals surface area contributed by atoms with E-state index in [4.69, 9.17) is 4.42 Å². The van der Waals surface area contributed by atoms with Crippen LogP contribution in [-0.2, 0) is 16.1 Å². The van der Waals surface area contributed by atoms with Crippen molar-refractivity contribution < 1.29 is 14.0 Å². The molecule has 146 valence electrons. The van der Waals surface area contributed by atoms with Crippen molar-refractivity contribution in [3.63, 3.8) is 0 Å². The van der Waals surface area contributed by atoms with E-state index in [2.05, 4.69) is 5.32 Å². The van der Waals surface area contributed by atoms with Gasteiger partial charge in [0, 0.05) is 24.7 Å². The summed E-state index contributed by atoms with van der Waals surface area (Å²) < 4.78 is 6.60. The van der Waals surface area contributed by atoms with Gasteiger partial charge in [0.15, 0.2) is 5.58 Å². The monoisotopic (exact) mass is 373 g/mol.